The third-order valence-corrected chi connectivity index (χ3v) is 4.56. The zero-order chi connectivity index (χ0) is 19.7. The fraction of sp³-hybridized carbons (Fsp3) is 0.667. The minimum Gasteiger partial charge on any atom is -0.382 e. The first-order chi connectivity index (χ1) is 13.2. The van der Waals surface area contributed by atoms with Crippen molar-refractivity contribution in [3.63, 3.8) is 0 Å². The molecule has 0 bridgehead atoms. The number of rotatable bonds is 14. The number of hydrogen-bond donors (Lipinski definition) is 2. The molecule has 1 rings (SSSR count). The molecule has 0 saturated carbocycles. The highest BCUT2D eigenvalue weighted by Gasteiger charge is 2.16. The molecule has 0 fully saturated rings. The maximum Gasteiger partial charge on any atom is 0.191 e. The number of likely N-dealkylation sites (N-methyl/N-ethyl adjacent to an activating group) is 1. The van der Waals surface area contributed by atoms with Gasteiger partial charge >= 0.3 is 0 Å². The fourth-order valence-electron chi connectivity index (χ4n) is 3.02. The maximum absolute atomic E-state index is 5.48. The molecular weight excluding hydrogens is 467 g/mol. The van der Waals surface area contributed by atoms with E-state index in [-0.39, 0.29) is 24.0 Å². The lowest BCUT2D eigenvalue weighted by atomic mass is 10.0. The van der Waals surface area contributed by atoms with E-state index in [1.807, 2.05) is 7.05 Å². The highest BCUT2D eigenvalue weighted by Crippen LogP contribution is 2.08. The molecule has 1 atom stereocenters. The third kappa shape index (κ3) is 11.8. The first-order valence-electron chi connectivity index (χ1n) is 10.0. The first-order valence-corrected chi connectivity index (χ1v) is 10.0. The van der Waals surface area contributed by atoms with Crippen molar-refractivity contribution in [3.05, 3.63) is 35.9 Å². The second-order valence-electron chi connectivity index (χ2n) is 6.40. The van der Waals surface area contributed by atoms with Gasteiger partial charge in [0.25, 0.3) is 0 Å². The van der Waals surface area contributed by atoms with Gasteiger partial charge < -0.3 is 20.1 Å². The molecule has 0 amide bonds. The summed E-state index contributed by atoms with van der Waals surface area (Å²) in [6.45, 7) is 10.2. The molecule has 0 aliphatic carbocycles. The highest BCUT2D eigenvalue weighted by molar-refractivity contribution is 14.0. The van der Waals surface area contributed by atoms with Gasteiger partial charge in [-0.25, -0.2) is 0 Å². The van der Waals surface area contributed by atoms with E-state index >= 15 is 0 Å². The Morgan fingerprint density at radius 1 is 1.07 bits per heavy atom. The quantitative estimate of drug-likeness (QED) is 0.176. The molecule has 0 saturated heterocycles. The molecule has 0 aliphatic heterocycles. The van der Waals surface area contributed by atoms with Gasteiger partial charge in [-0.1, -0.05) is 44.2 Å². The summed E-state index contributed by atoms with van der Waals surface area (Å²) in [5.74, 6) is 0.845. The molecule has 6 nitrogen and oxygen atoms in total. The van der Waals surface area contributed by atoms with Crippen LogP contribution >= 0.6 is 24.0 Å². The van der Waals surface area contributed by atoms with Crippen LogP contribution < -0.4 is 10.6 Å². The molecule has 0 heterocycles. The van der Waals surface area contributed by atoms with E-state index in [9.17, 15) is 0 Å². The van der Waals surface area contributed by atoms with Gasteiger partial charge in [0.2, 0.25) is 0 Å². The summed E-state index contributed by atoms with van der Waals surface area (Å²) < 4.78 is 10.4. The van der Waals surface area contributed by atoms with Crippen molar-refractivity contribution in [2.24, 2.45) is 4.99 Å². The van der Waals surface area contributed by atoms with Crippen LogP contribution in [-0.2, 0) is 15.9 Å². The summed E-state index contributed by atoms with van der Waals surface area (Å²) in [6, 6.07) is 11.1. The summed E-state index contributed by atoms with van der Waals surface area (Å²) >= 11 is 0. The Morgan fingerprint density at radius 2 is 1.79 bits per heavy atom. The number of halogens is 1. The zero-order valence-electron chi connectivity index (χ0n) is 17.9. The van der Waals surface area contributed by atoms with Gasteiger partial charge in [0.05, 0.1) is 13.2 Å². The van der Waals surface area contributed by atoms with E-state index in [2.05, 4.69) is 64.7 Å². The topological polar surface area (TPSA) is 58.1 Å². The SMILES string of the molecule is CCN(CC)C(CNC(=NC)NCCCOCCOC)Cc1ccccc1.I. The van der Waals surface area contributed by atoms with Crippen LogP contribution in [0.5, 0.6) is 0 Å². The minimum atomic E-state index is 0. The molecule has 0 aromatic heterocycles. The zero-order valence-corrected chi connectivity index (χ0v) is 20.3. The summed E-state index contributed by atoms with van der Waals surface area (Å²) in [7, 11) is 3.50. The van der Waals surface area contributed by atoms with Crippen molar-refractivity contribution >= 4 is 29.9 Å². The van der Waals surface area contributed by atoms with E-state index in [0.29, 0.717) is 19.3 Å². The normalized spacial score (nSPS) is 12.5. The summed E-state index contributed by atoms with van der Waals surface area (Å²) in [6.07, 6.45) is 1.97. The number of benzene rings is 1. The number of methoxy groups -OCH3 is 1. The standard InChI is InChI=1S/C21H38N4O2.HI/c1-5-25(6-2)20(17-19-11-8-7-9-12-19)18-24-21(22-3)23-13-10-14-27-16-15-26-4;/h7-9,11-12,20H,5-6,10,13-18H2,1-4H3,(H2,22,23,24);1H. The van der Waals surface area contributed by atoms with E-state index in [4.69, 9.17) is 9.47 Å². The molecule has 1 aromatic rings. The molecule has 2 N–H and O–H groups in total. The van der Waals surface area contributed by atoms with Gasteiger partial charge in [-0.3, -0.25) is 9.89 Å². The van der Waals surface area contributed by atoms with Crippen LogP contribution in [-0.4, -0.2) is 77.1 Å². The number of nitrogens with one attached hydrogen (secondary N) is 2. The molecule has 28 heavy (non-hydrogen) atoms. The van der Waals surface area contributed by atoms with Crippen molar-refractivity contribution < 1.29 is 9.47 Å². The van der Waals surface area contributed by atoms with Gasteiger partial charge in [-0.2, -0.15) is 0 Å². The van der Waals surface area contributed by atoms with Gasteiger partial charge in [0.1, 0.15) is 0 Å². The molecule has 1 unspecified atom stereocenters. The Kier molecular flexibility index (Phi) is 17.6. The average molecular weight is 506 g/mol. The molecular formula is C21H39IN4O2. The lowest BCUT2D eigenvalue weighted by Gasteiger charge is -2.30. The summed E-state index contributed by atoms with van der Waals surface area (Å²) in [5.41, 5.74) is 1.37. The number of guanidine groups is 1. The number of hydrogen-bond acceptors (Lipinski definition) is 4. The van der Waals surface area contributed by atoms with Crippen molar-refractivity contribution in [1.29, 1.82) is 0 Å². The van der Waals surface area contributed by atoms with Crippen LogP contribution in [0.2, 0.25) is 0 Å². The van der Waals surface area contributed by atoms with Crippen LogP contribution in [0.3, 0.4) is 0 Å². The number of ether oxygens (including phenoxy) is 2. The average Bonchev–Trinajstić information content (AvgIpc) is 2.70. The van der Waals surface area contributed by atoms with Crippen LogP contribution in [0.15, 0.2) is 35.3 Å². The van der Waals surface area contributed by atoms with E-state index in [1.54, 1.807) is 7.11 Å². The number of aliphatic imine (C=N–C) groups is 1. The van der Waals surface area contributed by atoms with Gasteiger partial charge in [0.15, 0.2) is 5.96 Å². The molecule has 0 radical (unpaired) electrons. The molecule has 7 heteroatoms. The Hall–Kier alpha value is -0.900. The molecule has 1 aromatic carbocycles. The number of nitrogens with zero attached hydrogens (tertiary/aromatic N) is 2. The predicted molar refractivity (Wildman–Crippen MR) is 129 cm³/mol. The summed E-state index contributed by atoms with van der Waals surface area (Å²) in [4.78, 5) is 6.84. The van der Waals surface area contributed by atoms with Crippen LogP contribution in [0.1, 0.15) is 25.8 Å². The summed E-state index contributed by atoms with van der Waals surface area (Å²) in [5, 5.41) is 6.85. The smallest absolute Gasteiger partial charge is 0.191 e. The first kappa shape index (κ1) is 27.1. The minimum absolute atomic E-state index is 0. The Bertz CT molecular complexity index is 498. The molecule has 0 aliphatic rings. The van der Waals surface area contributed by atoms with Crippen molar-refractivity contribution in [3.8, 4) is 0 Å². The van der Waals surface area contributed by atoms with Crippen LogP contribution in [0, 0.1) is 0 Å². The molecule has 162 valence electrons. The van der Waals surface area contributed by atoms with Crippen LogP contribution in [0.25, 0.3) is 0 Å². The van der Waals surface area contributed by atoms with Crippen molar-refractivity contribution in [2.45, 2.75) is 32.7 Å². The maximum atomic E-state index is 5.48. The monoisotopic (exact) mass is 506 g/mol. The second-order valence-corrected chi connectivity index (χ2v) is 6.40. The Labute approximate surface area is 188 Å². The Morgan fingerprint density at radius 3 is 2.39 bits per heavy atom. The second kappa shape index (κ2) is 18.1. The van der Waals surface area contributed by atoms with Gasteiger partial charge in [0, 0.05) is 39.9 Å². The molecule has 0 spiro atoms. The largest absolute Gasteiger partial charge is 0.382 e. The van der Waals surface area contributed by atoms with Gasteiger partial charge in [-0.05, 0) is 31.5 Å². The van der Waals surface area contributed by atoms with Gasteiger partial charge in [-0.15, -0.1) is 24.0 Å². The third-order valence-electron chi connectivity index (χ3n) is 4.56. The fourth-order valence-corrected chi connectivity index (χ4v) is 3.02. The Balaban J connectivity index is 0.00000729. The lowest BCUT2D eigenvalue weighted by molar-refractivity contribution is 0.0698. The van der Waals surface area contributed by atoms with Crippen molar-refractivity contribution in [1.82, 2.24) is 15.5 Å². The van der Waals surface area contributed by atoms with Crippen molar-refractivity contribution in [2.75, 3.05) is 60.2 Å². The van der Waals surface area contributed by atoms with Crippen LogP contribution in [0.4, 0.5) is 0 Å². The highest BCUT2D eigenvalue weighted by atomic mass is 127. The lowest BCUT2D eigenvalue weighted by Crippen LogP contribution is -2.48. The predicted octanol–water partition coefficient (Wildman–Crippen LogP) is 2.78. The van der Waals surface area contributed by atoms with E-state index in [1.165, 1.54) is 5.56 Å². The van der Waals surface area contributed by atoms with E-state index in [0.717, 1.165) is 51.6 Å². The van der Waals surface area contributed by atoms with E-state index < -0.39 is 0 Å².